The number of halogens is 1. The normalized spacial score (nSPS) is 22.1. The molecule has 0 aliphatic carbocycles. The van der Waals surface area contributed by atoms with E-state index in [1.165, 1.54) is 0 Å². The molecule has 1 aliphatic heterocycles. The molecule has 1 aromatic heterocycles. The van der Waals surface area contributed by atoms with E-state index in [1.54, 1.807) is 38.4 Å². The van der Waals surface area contributed by atoms with E-state index < -0.39 is 0 Å². The van der Waals surface area contributed by atoms with Gasteiger partial charge in [0.15, 0.2) is 0 Å². The number of amides is 1. The highest BCUT2D eigenvalue weighted by Crippen LogP contribution is 2.23. The predicted molar refractivity (Wildman–Crippen MR) is 79.0 cm³/mol. The number of likely N-dealkylation sites (tertiary alicyclic amines) is 1. The number of rotatable bonds is 4. The van der Waals surface area contributed by atoms with Gasteiger partial charge >= 0.3 is 0 Å². The number of carbonyl (C=O) groups is 1. The van der Waals surface area contributed by atoms with E-state index in [2.05, 4.69) is 26.2 Å². The van der Waals surface area contributed by atoms with Crippen molar-refractivity contribution in [1.82, 2.24) is 9.88 Å². The van der Waals surface area contributed by atoms with Gasteiger partial charge in [0, 0.05) is 45.0 Å². The van der Waals surface area contributed by atoms with Crippen LogP contribution in [0.25, 0.3) is 0 Å². The number of ether oxygens (including phenoxy) is 2. The zero-order valence-corrected chi connectivity index (χ0v) is 13.3. The zero-order valence-electron chi connectivity index (χ0n) is 11.7. The highest BCUT2D eigenvalue weighted by atomic mass is 79.9. The summed E-state index contributed by atoms with van der Waals surface area (Å²) >= 11 is 3.34. The molecule has 0 spiro atoms. The topological polar surface area (TPSA) is 63.7 Å². The molecule has 1 amide bonds. The Bertz CT molecular complexity index is 486. The summed E-state index contributed by atoms with van der Waals surface area (Å²) < 4.78 is 11.5. The van der Waals surface area contributed by atoms with E-state index in [0.717, 1.165) is 4.47 Å². The second kappa shape index (κ2) is 6.51. The third-order valence-corrected chi connectivity index (χ3v) is 3.86. The van der Waals surface area contributed by atoms with Gasteiger partial charge in [0.25, 0.3) is 5.91 Å². The van der Waals surface area contributed by atoms with Crippen molar-refractivity contribution in [1.29, 1.82) is 0 Å². The molecule has 1 aromatic rings. The van der Waals surface area contributed by atoms with Crippen molar-refractivity contribution in [2.24, 2.45) is 0 Å². The number of nitrogens with zero attached hydrogens (tertiary/aromatic N) is 2. The summed E-state index contributed by atoms with van der Waals surface area (Å²) in [6, 6.07) is 1.77. The van der Waals surface area contributed by atoms with Crippen molar-refractivity contribution in [2.75, 3.05) is 39.7 Å². The second-order valence-corrected chi connectivity index (χ2v) is 5.47. The highest BCUT2D eigenvalue weighted by molar-refractivity contribution is 9.10. The molecule has 0 aromatic carbocycles. The fraction of sp³-hybridized carbons (Fsp3) is 0.538. The summed E-state index contributed by atoms with van der Waals surface area (Å²) in [5.41, 5.74) is 0.536. The Kier molecular flexibility index (Phi) is 4.95. The van der Waals surface area contributed by atoms with Gasteiger partial charge < -0.3 is 19.7 Å². The first-order valence-electron chi connectivity index (χ1n) is 6.28. The maximum Gasteiger partial charge on any atom is 0.257 e. The molecular formula is C13H18BrN3O3. The van der Waals surface area contributed by atoms with Gasteiger partial charge in [0.2, 0.25) is 0 Å². The van der Waals surface area contributed by atoms with Crippen LogP contribution in [0, 0.1) is 0 Å². The number of nitrogens with one attached hydrogen (secondary N) is 1. The number of aromatic nitrogens is 1. The highest BCUT2D eigenvalue weighted by Gasteiger charge is 2.36. The van der Waals surface area contributed by atoms with Crippen LogP contribution < -0.4 is 5.32 Å². The Morgan fingerprint density at radius 3 is 2.50 bits per heavy atom. The van der Waals surface area contributed by atoms with E-state index in [1.807, 2.05) is 0 Å². The van der Waals surface area contributed by atoms with Gasteiger partial charge in [0.05, 0.1) is 5.56 Å². The number of carbonyl (C=O) groups excluding carboxylic acids is 1. The minimum Gasteiger partial charge on any atom is -0.377 e. The minimum atomic E-state index is -0.0953. The lowest BCUT2D eigenvalue weighted by atomic mass is 10.2. The van der Waals surface area contributed by atoms with Crippen LogP contribution in [0.4, 0.5) is 5.82 Å². The molecule has 6 nitrogen and oxygen atoms in total. The van der Waals surface area contributed by atoms with E-state index in [-0.39, 0.29) is 18.1 Å². The van der Waals surface area contributed by atoms with Crippen LogP contribution in [-0.4, -0.2) is 62.4 Å². The van der Waals surface area contributed by atoms with Crippen molar-refractivity contribution in [2.45, 2.75) is 12.2 Å². The molecule has 7 heteroatoms. The van der Waals surface area contributed by atoms with Gasteiger partial charge in [-0.1, -0.05) is 0 Å². The van der Waals surface area contributed by atoms with Gasteiger partial charge in [-0.15, -0.1) is 0 Å². The maximum absolute atomic E-state index is 12.6. The van der Waals surface area contributed by atoms with Crippen molar-refractivity contribution in [3.8, 4) is 0 Å². The molecule has 0 saturated carbocycles. The SMILES string of the molecule is CNc1ncc(Br)cc1C(=O)N1CC(OC)C(OC)C1. The lowest BCUT2D eigenvalue weighted by Crippen LogP contribution is -2.30. The fourth-order valence-electron chi connectivity index (χ4n) is 2.33. The molecule has 0 bridgehead atoms. The van der Waals surface area contributed by atoms with E-state index in [0.29, 0.717) is 24.5 Å². The van der Waals surface area contributed by atoms with Gasteiger partial charge in [-0.25, -0.2) is 4.98 Å². The van der Waals surface area contributed by atoms with Crippen LogP contribution in [0.3, 0.4) is 0 Å². The summed E-state index contributed by atoms with van der Waals surface area (Å²) in [7, 11) is 5.00. The van der Waals surface area contributed by atoms with E-state index in [4.69, 9.17) is 9.47 Å². The van der Waals surface area contributed by atoms with Gasteiger partial charge in [-0.2, -0.15) is 0 Å². The van der Waals surface area contributed by atoms with Crippen LogP contribution in [0.1, 0.15) is 10.4 Å². The molecule has 1 saturated heterocycles. The van der Waals surface area contributed by atoms with Crippen molar-refractivity contribution < 1.29 is 14.3 Å². The average molecular weight is 344 g/mol. The van der Waals surface area contributed by atoms with Crippen LogP contribution >= 0.6 is 15.9 Å². The standard InChI is InChI=1S/C13H18BrN3O3/c1-15-12-9(4-8(14)5-16-12)13(18)17-6-10(19-2)11(7-17)20-3/h4-5,10-11H,6-7H2,1-3H3,(H,15,16). The van der Waals surface area contributed by atoms with Crippen LogP contribution in [0.5, 0.6) is 0 Å². The second-order valence-electron chi connectivity index (χ2n) is 4.56. The summed E-state index contributed by atoms with van der Waals surface area (Å²) in [5, 5.41) is 2.94. The molecule has 20 heavy (non-hydrogen) atoms. The number of pyridine rings is 1. The molecule has 2 unspecified atom stereocenters. The molecule has 1 aliphatic rings. The number of anilines is 1. The van der Waals surface area contributed by atoms with Crippen LogP contribution in [-0.2, 0) is 9.47 Å². The Hall–Kier alpha value is -1.18. The molecule has 2 atom stereocenters. The summed E-state index contributed by atoms with van der Waals surface area (Å²) in [6.07, 6.45) is 1.46. The largest absolute Gasteiger partial charge is 0.377 e. The summed E-state index contributed by atoms with van der Waals surface area (Å²) in [6.45, 7) is 1.03. The smallest absolute Gasteiger partial charge is 0.257 e. The van der Waals surface area contributed by atoms with Gasteiger partial charge in [-0.05, 0) is 22.0 Å². The predicted octanol–water partition coefficient (Wildman–Crippen LogP) is 1.37. The first-order valence-corrected chi connectivity index (χ1v) is 7.08. The van der Waals surface area contributed by atoms with Crippen LogP contribution in [0.15, 0.2) is 16.7 Å². The fourth-order valence-corrected chi connectivity index (χ4v) is 2.67. The Morgan fingerprint density at radius 2 is 2.00 bits per heavy atom. The van der Waals surface area contributed by atoms with Crippen molar-refractivity contribution in [3.05, 3.63) is 22.3 Å². The van der Waals surface area contributed by atoms with Crippen molar-refractivity contribution >= 4 is 27.7 Å². The molecule has 1 fully saturated rings. The summed E-state index contributed by atoms with van der Waals surface area (Å²) in [4.78, 5) is 18.5. The number of hydrogen-bond acceptors (Lipinski definition) is 5. The average Bonchev–Trinajstić information content (AvgIpc) is 2.89. The zero-order chi connectivity index (χ0) is 14.7. The number of methoxy groups -OCH3 is 2. The number of hydrogen-bond donors (Lipinski definition) is 1. The first-order chi connectivity index (χ1) is 9.60. The van der Waals surface area contributed by atoms with Gasteiger partial charge in [-0.3, -0.25) is 4.79 Å². The molecule has 1 N–H and O–H groups in total. The molecular weight excluding hydrogens is 326 g/mol. The van der Waals surface area contributed by atoms with Crippen LogP contribution in [0.2, 0.25) is 0 Å². The van der Waals surface area contributed by atoms with E-state index in [9.17, 15) is 4.79 Å². The van der Waals surface area contributed by atoms with Gasteiger partial charge in [0.1, 0.15) is 18.0 Å². The lowest BCUT2D eigenvalue weighted by Gasteiger charge is -2.17. The third kappa shape index (κ3) is 2.94. The quantitative estimate of drug-likeness (QED) is 0.894. The molecule has 0 radical (unpaired) electrons. The van der Waals surface area contributed by atoms with Crippen molar-refractivity contribution in [3.63, 3.8) is 0 Å². The lowest BCUT2D eigenvalue weighted by molar-refractivity contribution is -0.00461. The molecule has 2 heterocycles. The Labute approximate surface area is 126 Å². The summed E-state index contributed by atoms with van der Waals surface area (Å²) in [5.74, 6) is 0.484. The molecule has 110 valence electrons. The third-order valence-electron chi connectivity index (χ3n) is 3.43. The Balaban J connectivity index is 2.22. The molecule has 2 rings (SSSR count). The maximum atomic E-state index is 12.6. The minimum absolute atomic E-state index is 0.0789. The monoisotopic (exact) mass is 343 g/mol. The van der Waals surface area contributed by atoms with E-state index >= 15 is 0 Å². The first kappa shape index (κ1) is 15.2. The Morgan fingerprint density at radius 1 is 1.40 bits per heavy atom.